The molecular weight excluding hydrogens is 344 g/mol. The second-order valence-electron chi connectivity index (χ2n) is 6.87. The summed E-state index contributed by atoms with van der Waals surface area (Å²) in [5, 5.41) is 8.09. The smallest absolute Gasteiger partial charge is 0.336 e. The highest BCUT2D eigenvalue weighted by molar-refractivity contribution is 5.91. The van der Waals surface area contributed by atoms with Crippen molar-refractivity contribution in [1.82, 2.24) is 24.9 Å². The zero-order chi connectivity index (χ0) is 18.8. The van der Waals surface area contributed by atoms with E-state index in [1.165, 1.54) is 30.4 Å². The zero-order valence-electron chi connectivity index (χ0n) is 15.6. The second-order valence-corrected chi connectivity index (χ2v) is 6.87. The first kappa shape index (κ1) is 17.4. The highest BCUT2D eigenvalue weighted by Crippen LogP contribution is 2.21. The summed E-state index contributed by atoms with van der Waals surface area (Å²) in [7, 11) is 0. The normalized spacial score (nSPS) is 15.0. The number of rotatable bonds is 3. The average Bonchev–Trinajstić information content (AvgIpc) is 3.19. The lowest BCUT2D eigenvalue weighted by atomic mass is 10.2. The van der Waals surface area contributed by atoms with Crippen LogP contribution < -0.4 is 4.90 Å². The van der Waals surface area contributed by atoms with E-state index in [9.17, 15) is 4.79 Å². The largest absolute Gasteiger partial charge is 0.357 e. The molecule has 4 rings (SSSR count). The van der Waals surface area contributed by atoms with E-state index in [0.29, 0.717) is 11.4 Å². The summed E-state index contributed by atoms with van der Waals surface area (Å²) < 4.78 is 6.42. The summed E-state index contributed by atoms with van der Waals surface area (Å²) in [6.45, 7) is 5.71. The number of pyridine rings is 1. The molecule has 0 radical (unpaired) electrons. The Bertz CT molecular complexity index is 936. The molecule has 0 bridgehead atoms. The predicted octanol–water partition coefficient (Wildman–Crippen LogP) is 3.01. The van der Waals surface area contributed by atoms with E-state index in [2.05, 4.69) is 25.1 Å². The van der Waals surface area contributed by atoms with Gasteiger partial charge in [-0.25, -0.2) is 4.98 Å². The molecule has 27 heavy (non-hydrogen) atoms. The van der Waals surface area contributed by atoms with Crippen LogP contribution in [0.15, 0.2) is 28.9 Å². The van der Waals surface area contributed by atoms with Crippen LogP contribution in [0.4, 0.5) is 5.82 Å². The minimum absolute atomic E-state index is 0.0900. The van der Waals surface area contributed by atoms with Crippen molar-refractivity contribution in [3.63, 3.8) is 0 Å². The van der Waals surface area contributed by atoms with Gasteiger partial charge in [0.15, 0.2) is 0 Å². The highest BCUT2D eigenvalue weighted by atomic mass is 16.5. The van der Waals surface area contributed by atoms with Crippen molar-refractivity contribution >= 4 is 11.7 Å². The van der Waals surface area contributed by atoms with Crippen LogP contribution in [0, 0.1) is 13.8 Å². The van der Waals surface area contributed by atoms with Gasteiger partial charge in [-0.15, -0.1) is 0 Å². The fourth-order valence-corrected chi connectivity index (χ4v) is 3.36. The molecule has 1 saturated heterocycles. The number of aryl methyl sites for hydroxylation is 2. The van der Waals surface area contributed by atoms with Crippen LogP contribution in [0.25, 0.3) is 11.4 Å². The van der Waals surface area contributed by atoms with Gasteiger partial charge < -0.3 is 9.42 Å². The number of aromatic nitrogens is 5. The molecule has 3 aromatic rings. The maximum atomic E-state index is 12.5. The van der Waals surface area contributed by atoms with Crippen molar-refractivity contribution in [2.75, 3.05) is 18.0 Å². The molecule has 0 N–H and O–H groups in total. The Morgan fingerprint density at radius 1 is 1.11 bits per heavy atom. The maximum absolute atomic E-state index is 12.5. The molecule has 0 aromatic carbocycles. The summed E-state index contributed by atoms with van der Waals surface area (Å²) in [6, 6.07) is 5.70. The minimum atomic E-state index is -0.437. The predicted molar refractivity (Wildman–Crippen MR) is 99.6 cm³/mol. The first-order valence-electron chi connectivity index (χ1n) is 9.25. The van der Waals surface area contributed by atoms with Gasteiger partial charge in [0.25, 0.3) is 0 Å². The highest BCUT2D eigenvalue weighted by Gasteiger charge is 2.21. The van der Waals surface area contributed by atoms with E-state index in [4.69, 9.17) is 4.52 Å². The van der Waals surface area contributed by atoms with Crippen molar-refractivity contribution in [3.8, 4) is 11.4 Å². The fraction of sp³-hybridized carbons (Fsp3) is 0.421. The van der Waals surface area contributed by atoms with Gasteiger partial charge in [0.2, 0.25) is 5.82 Å². The third kappa shape index (κ3) is 3.60. The van der Waals surface area contributed by atoms with Gasteiger partial charge >= 0.3 is 11.8 Å². The molecule has 0 spiro atoms. The van der Waals surface area contributed by atoms with Crippen LogP contribution in [0.5, 0.6) is 0 Å². The van der Waals surface area contributed by atoms with Crippen molar-refractivity contribution < 1.29 is 9.32 Å². The molecule has 0 unspecified atom stereocenters. The first-order chi connectivity index (χ1) is 13.1. The summed E-state index contributed by atoms with van der Waals surface area (Å²) in [6.07, 6.45) is 6.69. The molecule has 140 valence electrons. The lowest BCUT2D eigenvalue weighted by Crippen LogP contribution is -2.24. The maximum Gasteiger partial charge on any atom is 0.336 e. The molecule has 0 amide bonds. The molecule has 8 nitrogen and oxygen atoms in total. The molecule has 1 fully saturated rings. The third-order valence-corrected chi connectivity index (χ3v) is 4.75. The van der Waals surface area contributed by atoms with Gasteiger partial charge in [-0.3, -0.25) is 4.79 Å². The Hall–Kier alpha value is -3.03. The van der Waals surface area contributed by atoms with Gasteiger partial charge in [0.1, 0.15) is 5.82 Å². The number of carbonyl (C=O) groups is 1. The van der Waals surface area contributed by atoms with Gasteiger partial charge in [-0.05, 0) is 44.9 Å². The average molecular weight is 366 g/mol. The molecule has 0 aliphatic carbocycles. The van der Waals surface area contributed by atoms with Crippen LogP contribution in [-0.4, -0.2) is 43.9 Å². The van der Waals surface area contributed by atoms with Gasteiger partial charge in [0, 0.05) is 30.5 Å². The Balaban J connectivity index is 1.53. The van der Waals surface area contributed by atoms with Crippen molar-refractivity contribution in [3.05, 3.63) is 41.7 Å². The number of hydrogen-bond donors (Lipinski definition) is 0. The molecule has 0 saturated carbocycles. The van der Waals surface area contributed by atoms with Crippen molar-refractivity contribution in [2.45, 2.75) is 39.5 Å². The van der Waals surface area contributed by atoms with E-state index >= 15 is 0 Å². The Morgan fingerprint density at radius 2 is 1.89 bits per heavy atom. The van der Waals surface area contributed by atoms with Crippen LogP contribution in [0.2, 0.25) is 0 Å². The molecule has 1 aliphatic heterocycles. The lowest BCUT2D eigenvalue weighted by molar-refractivity contribution is 0.0898. The molecule has 3 aromatic heterocycles. The Kier molecular flexibility index (Phi) is 4.70. The molecule has 8 heteroatoms. The summed E-state index contributed by atoms with van der Waals surface area (Å²) in [4.78, 5) is 23.6. The standard InChI is InChI=1S/C19H22N6O2/c1-13-11-14(2)25(22-13)19(26)18-21-17(23-27-18)15-7-8-16(20-12-15)24-9-5-3-4-6-10-24/h7-8,11-12H,3-6,9-10H2,1-2H3. The van der Waals surface area contributed by atoms with E-state index in [1.807, 2.05) is 25.1 Å². The summed E-state index contributed by atoms with van der Waals surface area (Å²) in [5.74, 6) is 0.777. The van der Waals surface area contributed by atoms with Crippen LogP contribution in [-0.2, 0) is 0 Å². The van der Waals surface area contributed by atoms with Gasteiger partial charge in [-0.2, -0.15) is 14.8 Å². The van der Waals surface area contributed by atoms with Gasteiger partial charge in [-0.1, -0.05) is 18.0 Å². The van der Waals surface area contributed by atoms with E-state index in [-0.39, 0.29) is 5.89 Å². The number of carbonyl (C=O) groups excluding carboxylic acids is 1. The van der Waals surface area contributed by atoms with E-state index in [1.54, 1.807) is 13.1 Å². The van der Waals surface area contributed by atoms with Gasteiger partial charge in [0.05, 0.1) is 5.69 Å². The van der Waals surface area contributed by atoms with E-state index in [0.717, 1.165) is 30.3 Å². The molecule has 4 heterocycles. The number of anilines is 1. The zero-order valence-corrected chi connectivity index (χ0v) is 15.6. The first-order valence-corrected chi connectivity index (χ1v) is 9.25. The molecular formula is C19H22N6O2. The van der Waals surface area contributed by atoms with Crippen LogP contribution in [0.3, 0.4) is 0 Å². The Labute approximate surface area is 157 Å². The van der Waals surface area contributed by atoms with Crippen molar-refractivity contribution in [2.24, 2.45) is 0 Å². The summed E-state index contributed by atoms with van der Waals surface area (Å²) >= 11 is 0. The number of nitrogens with zero attached hydrogens (tertiary/aromatic N) is 6. The van der Waals surface area contributed by atoms with E-state index < -0.39 is 5.91 Å². The van der Waals surface area contributed by atoms with Crippen molar-refractivity contribution in [1.29, 1.82) is 0 Å². The topological polar surface area (TPSA) is 89.9 Å². The monoisotopic (exact) mass is 366 g/mol. The summed E-state index contributed by atoms with van der Waals surface area (Å²) in [5.41, 5.74) is 2.19. The Morgan fingerprint density at radius 3 is 2.52 bits per heavy atom. The fourth-order valence-electron chi connectivity index (χ4n) is 3.36. The molecule has 0 atom stereocenters. The third-order valence-electron chi connectivity index (χ3n) is 4.75. The quantitative estimate of drug-likeness (QED) is 0.704. The SMILES string of the molecule is Cc1cc(C)n(C(=O)c2nc(-c3ccc(N4CCCCCC4)nc3)no2)n1. The lowest BCUT2D eigenvalue weighted by Gasteiger charge is -2.21. The van der Waals surface area contributed by atoms with Crippen LogP contribution in [0.1, 0.15) is 47.8 Å². The second kappa shape index (κ2) is 7.30. The minimum Gasteiger partial charge on any atom is -0.357 e. The molecule has 1 aliphatic rings. The number of hydrogen-bond acceptors (Lipinski definition) is 7. The van der Waals surface area contributed by atoms with Crippen LogP contribution >= 0.6 is 0 Å².